The second-order valence-electron chi connectivity index (χ2n) is 5.68. The van der Waals surface area contributed by atoms with Gasteiger partial charge in [0, 0.05) is 10.9 Å². The number of carbonyl (C=O) groups is 1. The average Bonchev–Trinajstić information content (AvgIpc) is 3.23. The molecule has 0 spiro atoms. The molecule has 4 rings (SSSR count). The van der Waals surface area contributed by atoms with Crippen molar-refractivity contribution in [2.24, 2.45) is 0 Å². The molecular weight excluding hydrogens is 330 g/mol. The van der Waals surface area contributed by atoms with E-state index in [0.29, 0.717) is 10.6 Å². The van der Waals surface area contributed by atoms with Crippen molar-refractivity contribution in [3.63, 3.8) is 0 Å². The number of para-hydroxylation sites is 1. The Labute approximate surface area is 149 Å². The molecule has 2 aromatic carbocycles. The topological polar surface area (TPSA) is 43.1 Å². The Morgan fingerprint density at radius 1 is 1.08 bits per heavy atom. The zero-order valence-corrected chi connectivity index (χ0v) is 14.4. The SMILES string of the molecule is Cc1nc(-c2ccccc2)sc1C(=O)C=Cc1cc2ccccc2o1. The first kappa shape index (κ1) is 15.5. The summed E-state index contributed by atoms with van der Waals surface area (Å²) in [5, 5.41) is 1.88. The highest BCUT2D eigenvalue weighted by atomic mass is 32.1. The molecular formula is C21H15NO2S. The molecule has 4 heteroatoms. The van der Waals surface area contributed by atoms with Crippen LogP contribution >= 0.6 is 11.3 Å². The molecule has 2 heterocycles. The fourth-order valence-electron chi connectivity index (χ4n) is 2.65. The van der Waals surface area contributed by atoms with Gasteiger partial charge in [0.2, 0.25) is 0 Å². The lowest BCUT2D eigenvalue weighted by atomic mass is 10.2. The van der Waals surface area contributed by atoms with Gasteiger partial charge >= 0.3 is 0 Å². The molecule has 0 saturated carbocycles. The van der Waals surface area contributed by atoms with Crippen molar-refractivity contribution in [3.8, 4) is 10.6 Å². The Hall–Kier alpha value is -2.98. The average molecular weight is 345 g/mol. The molecule has 0 aliphatic rings. The van der Waals surface area contributed by atoms with Gasteiger partial charge in [0.05, 0.1) is 10.6 Å². The molecule has 3 nitrogen and oxygen atoms in total. The molecule has 0 bridgehead atoms. The van der Waals surface area contributed by atoms with Crippen molar-refractivity contribution >= 4 is 34.2 Å². The molecule has 25 heavy (non-hydrogen) atoms. The van der Waals surface area contributed by atoms with Gasteiger partial charge in [-0.15, -0.1) is 11.3 Å². The molecule has 0 radical (unpaired) electrons. The number of fused-ring (bicyclic) bond motifs is 1. The largest absolute Gasteiger partial charge is 0.457 e. The number of benzene rings is 2. The third kappa shape index (κ3) is 3.16. The standard InChI is InChI=1S/C21H15NO2S/c1-14-20(25-21(22-14)15-7-3-2-4-8-15)18(23)12-11-17-13-16-9-5-6-10-19(16)24-17/h2-13H,1H3. The van der Waals surface area contributed by atoms with Gasteiger partial charge in [-0.2, -0.15) is 0 Å². The molecule has 0 atom stereocenters. The van der Waals surface area contributed by atoms with Crippen LogP contribution in [0, 0.1) is 6.92 Å². The summed E-state index contributed by atoms with van der Waals surface area (Å²) in [4.78, 5) is 17.7. The highest BCUT2D eigenvalue weighted by molar-refractivity contribution is 7.17. The molecule has 0 aliphatic carbocycles. The van der Waals surface area contributed by atoms with Gasteiger partial charge in [-0.05, 0) is 31.2 Å². The fraction of sp³-hybridized carbons (Fsp3) is 0.0476. The van der Waals surface area contributed by atoms with E-state index in [-0.39, 0.29) is 5.78 Å². The maximum absolute atomic E-state index is 12.5. The number of carbonyl (C=O) groups excluding carboxylic acids is 1. The van der Waals surface area contributed by atoms with Gasteiger partial charge in [-0.1, -0.05) is 48.5 Å². The zero-order chi connectivity index (χ0) is 17.2. The summed E-state index contributed by atoms with van der Waals surface area (Å²) in [6.45, 7) is 1.87. The van der Waals surface area contributed by atoms with Gasteiger partial charge in [-0.3, -0.25) is 4.79 Å². The third-order valence-electron chi connectivity index (χ3n) is 3.88. The number of aromatic nitrogens is 1. The Morgan fingerprint density at radius 2 is 1.84 bits per heavy atom. The van der Waals surface area contributed by atoms with Gasteiger partial charge in [-0.25, -0.2) is 4.98 Å². The first-order chi connectivity index (χ1) is 12.2. The number of hydrogen-bond acceptors (Lipinski definition) is 4. The van der Waals surface area contributed by atoms with E-state index in [1.54, 1.807) is 12.2 Å². The van der Waals surface area contributed by atoms with E-state index in [4.69, 9.17) is 4.42 Å². The van der Waals surface area contributed by atoms with Crippen LogP contribution in [0.1, 0.15) is 21.1 Å². The molecule has 122 valence electrons. The van der Waals surface area contributed by atoms with Crippen molar-refractivity contribution in [3.05, 3.63) is 83.1 Å². The van der Waals surface area contributed by atoms with Crippen LogP contribution in [0.15, 0.2) is 71.2 Å². The van der Waals surface area contributed by atoms with Crippen LogP contribution in [0.5, 0.6) is 0 Å². The number of furan rings is 1. The maximum atomic E-state index is 12.5. The van der Waals surface area contributed by atoms with Crippen LogP contribution in [0.25, 0.3) is 27.6 Å². The van der Waals surface area contributed by atoms with Crippen molar-refractivity contribution in [2.75, 3.05) is 0 Å². The Morgan fingerprint density at radius 3 is 2.64 bits per heavy atom. The van der Waals surface area contributed by atoms with Gasteiger partial charge in [0.1, 0.15) is 16.4 Å². The van der Waals surface area contributed by atoms with E-state index in [1.165, 1.54) is 11.3 Å². The van der Waals surface area contributed by atoms with Crippen molar-refractivity contribution < 1.29 is 9.21 Å². The van der Waals surface area contributed by atoms with Crippen molar-refractivity contribution in [2.45, 2.75) is 6.92 Å². The smallest absolute Gasteiger partial charge is 0.197 e. The zero-order valence-electron chi connectivity index (χ0n) is 13.6. The van der Waals surface area contributed by atoms with Crippen molar-refractivity contribution in [1.82, 2.24) is 4.98 Å². The van der Waals surface area contributed by atoms with Crippen molar-refractivity contribution in [1.29, 1.82) is 0 Å². The van der Waals surface area contributed by atoms with E-state index in [9.17, 15) is 4.79 Å². The van der Waals surface area contributed by atoms with E-state index in [2.05, 4.69) is 4.98 Å². The van der Waals surface area contributed by atoms with Crippen LogP contribution < -0.4 is 0 Å². The van der Waals surface area contributed by atoms with Crippen LogP contribution in [0.2, 0.25) is 0 Å². The lowest BCUT2D eigenvalue weighted by molar-refractivity contribution is 0.105. The summed E-state index contributed by atoms with van der Waals surface area (Å²) in [6.07, 6.45) is 3.26. The number of aryl methyl sites for hydroxylation is 1. The number of rotatable bonds is 4. The molecule has 0 aliphatic heterocycles. The lowest BCUT2D eigenvalue weighted by Crippen LogP contribution is -1.92. The number of thiazole rings is 1. The first-order valence-electron chi connectivity index (χ1n) is 7.94. The summed E-state index contributed by atoms with van der Waals surface area (Å²) in [5.74, 6) is 0.609. The predicted octanol–water partition coefficient (Wildman–Crippen LogP) is 5.76. The molecule has 0 N–H and O–H groups in total. The Balaban J connectivity index is 1.59. The molecule has 4 aromatic rings. The summed E-state index contributed by atoms with van der Waals surface area (Å²) >= 11 is 1.42. The van der Waals surface area contributed by atoms with Gasteiger partial charge < -0.3 is 4.42 Å². The van der Waals surface area contributed by atoms with Gasteiger partial charge in [0.25, 0.3) is 0 Å². The Kier molecular flexibility index (Phi) is 4.04. The van der Waals surface area contributed by atoms with Gasteiger partial charge in [0.15, 0.2) is 5.78 Å². The predicted molar refractivity (Wildman–Crippen MR) is 102 cm³/mol. The summed E-state index contributed by atoms with van der Waals surface area (Å²) in [6, 6.07) is 19.6. The number of hydrogen-bond donors (Lipinski definition) is 0. The summed E-state index contributed by atoms with van der Waals surface area (Å²) < 4.78 is 5.71. The summed E-state index contributed by atoms with van der Waals surface area (Å²) in [5.41, 5.74) is 2.59. The molecule has 0 fully saturated rings. The van der Waals surface area contributed by atoms with E-state index in [0.717, 1.165) is 27.2 Å². The molecule has 2 aromatic heterocycles. The number of allylic oxidation sites excluding steroid dienone is 1. The Bertz CT molecular complexity index is 1040. The minimum absolute atomic E-state index is 0.0577. The van der Waals surface area contributed by atoms with Crippen LogP contribution in [0.4, 0.5) is 0 Å². The second-order valence-corrected chi connectivity index (χ2v) is 6.68. The second kappa shape index (κ2) is 6.49. The van der Waals surface area contributed by atoms with E-state index >= 15 is 0 Å². The van der Waals surface area contributed by atoms with Crippen LogP contribution in [-0.4, -0.2) is 10.8 Å². The monoisotopic (exact) mass is 345 g/mol. The normalized spacial score (nSPS) is 11.4. The highest BCUT2D eigenvalue weighted by Crippen LogP contribution is 2.28. The minimum Gasteiger partial charge on any atom is -0.457 e. The number of ketones is 1. The molecule has 0 amide bonds. The number of nitrogens with zero attached hydrogens (tertiary/aromatic N) is 1. The molecule has 0 saturated heterocycles. The highest BCUT2D eigenvalue weighted by Gasteiger charge is 2.14. The summed E-state index contributed by atoms with van der Waals surface area (Å²) in [7, 11) is 0. The third-order valence-corrected chi connectivity index (χ3v) is 5.11. The van der Waals surface area contributed by atoms with E-state index in [1.807, 2.05) is 67.6 Å². The first-order valence-corrected chi connectivity index (χ1v) is 8.76. The minimum atomic E-state index is -0.0577. The fourth-order valence-corrected chi connectivity index (χ4v) is 3.64. The molecule has 0 unspecified atom stereocenters. The quantitative estimate of drug-likeness (QED) is 0.349. The van der Waals surface area contributed by atoms with Crippen LogP contribution in [0.3, 0.4) is 0 Å². The van der Waals surface area contributed by atoms with E-state index < -0.39 is 0 Å². The lowest BCUT2D eigenvalue weighted by Gasteiger charge is -1.92. The van der Waals surface area contributed by atoms with Crippen LogP contribution in [-0.2, 0) is 0 Å². The maximum Gasteiger partial charge on any atom is 0.197 e.